The van der Waals surface area contributed by atoms with Gasteiger partial charge in [-0.2, -0.15) is 0 Å². The maximum Gasteiger partial charge on any atom is 0.251 e. The lowest BCUT2D eigenvalue weighted by Gasteiger charge is -2.09. The molecule has 0 spiro atoms. The molecule has 122 valence electrons. The van der Waals surface area contributed by atoms with Crippen LogP contribution in [0.5, 0.6) is 0 Å². The number of nitrogens with one attached hydrogen (secondary N) is 1. The normalized spacial score (nSPS) is 10.8. The molecule has 0 aliphatic heterocycles. The molecule has 0 saturated heterocycles. The van der Waals surface area contributed by atoms with Crippen molar-refractivity contribution in [3.8, 4) is 0 Å². The Morgan fingerprint density at radius 1 is 1.04 bits per heavy atom. The monoisotopic (exact) mass is 320 g/mol. The smallest absolute Gasteiger partial charge is 0.251 e. The molecule has 0 saturated carbocycles. The summed E-state index contributed by atoms with van der Waals surface area (Å²) in [6.45, 7) is 4.60. The third-order valence-corrected chi connectivity index (χ3v) is 3.93. The number of rotatable bonds is 5. The van der Waals surface area contributed by atoms with Crippen molar-refractivity contribution in [1.82, 2.24) is 20.3 Å². The third kappa shape index (κ3) is 3.40. The summed E-state index contributed by atoms with van der Waals surface area (Å²) >= 11 is 0. The number of carbonyl (C=O) groups is 1. The summed E-state index contributed by atoms with van der Waals surface area (Å²) in [6.07, 6.45) is 5.15. The maximum atomic E-state index is 12.4. The molecule has 24 heavy (non-hydrogen) atoms. The average molecular weight is 320 g/mol. The number of hydrogen-bond acceptors (Lipinski definition) is 4. The SMILES string of the molecule is CCc1nc2ccc(C(=O)NCc3cccnc3)cc2nc1CC. The number of hydrogen-bond donors (Lipinski definition) is 1. The number of aromatic nitrogens is 3. The van der Waals surface area contributed by atoms with Crippen molar-refractivity contribution in [2.24, 2.45) is 0 Å². The van der Waals surface area contributed by atoms with Crippen LogP contribution >= 0.6 is 0 Å². The van der Waals surface area contributed by atoms with E-state index in [2.05, 4.69) is 34.1 Å². The molecule has 3 rings (SSSR count). The Hall–Kier alpha value is -2.82. The third-order valence-electron chi connectivity index (χ3n) is 3.93. The van der Waals surface area contributed by atoms with Crippen LogP contribution in [-0.4, -0.2) is 20.9 Å². The fourth-order valence-corrected chi connectivity index (χ4v) is 2.62. The van der Waals surface area contributed by atoms with Gasteiger partial charge in [0.2, 0.25) is 0 Å². The van der Waals surface area contributed by atoms with Crippen molar-refractivity contribution in [2.75, 3.05) is 0 Å². The first-order valence-electron chi connectivity index (χ1n) is 8.18. The van der Waals surface area contributed by atoms with Gasteiger partial charge in [-0.3, -0.25) is 9.78 Å². The van der Waals surface area contributed by atoms with Crippen LogP contribution in [-0.2, 0) is 19.4 Å². The lowest BCUT2D eigenvalue weighted by atomic mass is 10.1. The number of fused-ring (bicyclic) bond motifs is 1. The van der Waals surface area contributed by atoms with Crippen molar-refractivity contribution in [3.05, 3.63) is 65.2 Å². The van der Waals surface area contributed by atoms with Crippen molar-refractivity contribution < 1.29 is 4.79 Å². The number of carbonyl (C=O) groups excluding carboxylic acids is 1. The van der Waals surface area contributed by atoms with E-state index in [9.17, 15) is 4.79 Å². The van der Waals surface area contributed by atoms with Gasteiger partial charge in [0.25, 0.3) is 5.91 Å². The van der Waals surface area contributed by atoms with Crippen molar-refractivity contribution in [3.63, 3.8) is 0 Å². The van der Waals surface area contributed by atoms with Gasteiger partial charge in [0, 0.05) is 24.5 Å². The Bertz CT molecular complexity index is 862. The van der Waals surface area contributed by atoms with Gasteiger partial charge >= 0.3 is 0 Å². The van der Waals surface area contributed by atoms with E-state index in [-0.39, 0.29) is 5.91 Å². The molecular weight excluding hydrogens is 300 g/mol. The fraction of sp³-hybridized carbons (Fsp3) is 0.263. The molecule has 0 aliphatic rings. The molecule has 3 aromatic rings. The molecule has 1 N–H and O–H groups in total. The molecule has 5 nitrogen and oxygen atoms in total. The average Bonchev–Trinajstić information content (AvgIpc) is 2.65. The zero-order chi connectivity index (χ0) is 16.9. The van der Waals surface area contributed by atoms with Gasteiger partial charge in [0.1, 0.15) is 0 Å². The number of nitrogens with zero attached hydrogens (tertiary/aromatic N) is 3. The van der Waals surface area contributed by atoms with Gasteiger partial charge < -0.3 is 5.32 Å². The summed E-state index contributed by atoms with van der Waals surface area (Å²) < 4.78 is 0. The minimum Gasteiger partial charge on any atom is -0.348 e. The first-order valence-corrected chi connectivity index (χ1v) is 8.18. The second kappa shape index (κ2) is 7.17. The molecule has 1 aromatic carbocycles. The molecule has 0 fully saturated rings. The minimum absolute atomic E-state index is 0.125. The molecule has 1 amide bonds. The van der Waals surface area contributed by atoms with Crippen LogP contribution in [0.15, 0.2) is 42.7 Å². The van der Waals surface area contributed by atoms with Crippen LogP contribution in [0.3, 0.4) is 0 Å². The summed E-state index contributed by atoms with van der Waals surface area (Å²) in [5.41, 5.74) is 5.17. The van der Waals surface area contributed by atoms with E-state index in [0.29, 0.717) is 12.1 Å². The zero-order valence-electron chi connectivity index (χ0n) is 13.9. The largest absolute Gasteiger partial charge is 0.348 e. The predicted molar refractivity (Wildman–Crippen MR) is 93.7 cm³/mol. The quantitative estimate of drug-likeness (QED) is 0.784. The Balaban J connectivity index is 1.83. The van der Waals surface area contributed by atoms with E-state index in [1.807, 2.05) is 18.2 Å². The highest BCUT2D eigenvalue weighted by Gasteiger charge is 2.10. The predicted octanol–water partition coefficient (Wildman–Crippen LogP) is 3.08. The van der Waals surface area contributed by atoms with Gasteiger partial charge in [-0.15, -0.1) is 0 Å². The molecule has 0 unspecified atom stereocenters. The molecule has 0 atom stereocenters. The lowest BCUT2D eigenvalue weighted by Crippen LogP contribution is -2.22. The topological polar surface area (TPSA) is 67.8 Å². The number of aryl methyl sites for hydroxylation is 2. The van der Waals surface area contributed by atoms with Crippen LogP contribution < -0.4 is 5.32 Å². The van der Waals surface area contributed by atoms with Crippen LogP contribution in [0.25, 0.3) is 11.0 Å². The van der Waals surface area contributed by atoms with E-state index in [0.717, 1.165) is 40.8 Å². The van der Waals surface area contributed by atoms with Crippen molar-refractivity contribution in [1.29, 1.82) is 0 Å². The van der Waals surface area contributed by atoms with E-state index in [4.69, 9.17) is 0 Å². The summed E-state index contributed by atoms with van der Waals surface area (Å²) in [5.74, 6) is -0.125. The Labute approximate surface area is 141 Å². The van der Waals surface area contributed by atoms with Crippen molar-refractivity contribution >= 4 is 16.9 Å². The first-order chi connectivity index (χ1) is 11.7. The van der Waals surface area contributed by atoms with Crippen LogP contribution in [0.4, 0.5) is 0 Å². The summed E-state index contributed by atoms with van der Waals surface area (Å²) in [4.78, 5) is 25.7. The Morgan fingerprint density at radius 2 is 1.79 bits per heavy atom. The highest BCUT2D eigenvalue weighted by molar-refractivity contribution is 5.97. The zero-order valence-corrected chi connectivity index (χ0v) is 13.9. The number of pyridine rings is 1. The fourth-order valence-electron chi connectivity index (χ4n) is 2.62. The van der Waals surface area contributed by atoms with Gasteiger partial charge in [-0.25, -0.2) is 9.97 Å². The summed E-state index contributed by atoms with van der Waals surface area (Å²) in [6, 6.07) is 9.24. The number of benzene rings is 1. The van der Waals surface area contributed by atoms with Crippen molar-refractivity contribution in [2.45, 2.75) is 33.2 Å². The van der Waals surface area contributed by atoms with Gasteiger partial charge in [-0.1, -0.05) is 19.9 Å². The second-order valence-electron chi connectivity index (χ2n) is 5.57. The molecule has 0 aliphatic carbocycles. The van der Waals surface area contributed by atoms with Gasteiger partial charge in [0.05, 0.1) is 22.4 Å². The standard InChI is InChI=1S/C19H20N4O/c1-3-15-16(4-2)23-18-10-14(7-8-17(18)22-15)19(24)21-12-13-6-5-9-20-11-13/h5-11H,3-4,12H2,1-2H3,(H,21,24). The molecule has 0 bridgehead atoms. The molecule has 0 radical (unpaired) electrons. The van der Waals surface area contributed by atoms with E-state index < -0.39 is 0 Å². The lowest BCUT2D eigenvalue weighted by molar-refractivity contribution is 0.0951. The maximum absolute atomic E-state index is 12.4. The summed E-state index contributed by atoms with van der Waals surface area (Å²) in [5, 5.41) is 2.90. The van der Waals surface area contributed by atoms with E-state index in [1.165, 1.54) is 0 Å². The number of amides is 1. The Morgan fingerprint density at radius 3 is 2.46 bits per heavy atom. The molecule has 5 heteroatoms. The van der Waals surface area contributed by atoms with Crippen LogP contribution in [0, 0.1) is 0 Å². The minimum atomic E-state index is -0.125. The van der Waals surface area contributed by atoms with Crippen LogP contribution in [0.1, 0.15) is 41.2 Å². The molecule has 2 heterocycles. The highest BCUT2D eigenvalue weighted by Crippen LogP contribution is 2.16. The molecule has 2 aromatic heterocycles. The van der Waals surface area contributed by atoms with Gasteiger partial charge in [-0.05, 0) is 42.7 Å². The van der Waals surface area contributed by atoms with E-state index >= 15 is 0 Å². The Kier molecular flexibility index (Phi) is 4.79. The van der Waals surface area contributed by atoms with Gasteiger partial charge in [0.15, 0.2) is 0 Å². The molecular formula is C19H20N4O. The summed E-state index contributed by atoms with van der Waals surface area (Å²) in [7, 11) is 0. The second-order valence-corrected chi connectivity index (χ2v) is 5.57. The first kappa shape index (κ1) is 16.1. The highest BCUT2D eigenvalue weighted by atomic mass is 16.1. The van der Waals surface area contributed by atoms with E-state index in [1.54, 1.807) is 24.5 Å². The van der Waals surface area contributed by atoms with Crippen LogP contribution in [0.2, 0.25) is 0 Å².